The van der Waals surface area contributed by atoms with Crippen LogP contribution in [0.1, 0.15) is 57.4 Å². The van der Waals surface area contributed by atoms with Gasteiger partial charge in [0.05, 0.1) is 7.11 Å². The first-order valence-electron chi connectivity index (χ1n) is 11.4. The molecule has 4 unspecified atom stereocenters. The van der Waals surface area contributed by atoms with Crippen LogP contribution in [0.3, 0.4) is 0 Å². The molecule has 0 spiro atoms. The maximum absolute atomic E-state index is 14.8. The van der Waals surface area contributed by atoms with E-state index in [9.17, 15) is 17.6 Å². The summed E-state index contributed by atoms with van der Waals surface area (Å²) in [5.74, 6) is -1.88. The fourth-order valence-electron chi connectivity index (χ4n) is 6.16. The summed E-state index contributed by atoms with van der Waals surface area (Å²) in [5.41, 5.74) is -0.283. The van der Waals surface area contributed by atoms with Crippen molar-refractivity contribution in [1.82, 2.24) is 0 Å². The van der Waals surface area contributed by atoms with Crippen molar-refractivity contribution < 1.29 is 22.3 Å². The van der Waals surface area contributed by atoms with Crippen LogP contribution in [0.25, 0.3) is 11.1 Å². The number of benzene rings is 2. The summed E-state index contributed by atoms with van der Waals surface area (Å²) in [4.78, 5) is 0. The molecule has 168 valence electrons. The molecule has 2 aliphatic carbocycles. The second kappa shape index (κ2) is 9.22. The summed E-state index contributed by atoms with van der Waals surface area (Å²) in [6.45, 7) is 2.24. The fourth-order valence-corrected chi connectivity index (χ4v) is 6.16. The molecular formula is C26H30F4O. The van der Waals surface area contributed by atoms with Crippen LogP contribution in [0.2, 0.25) is 0 Å². The highest BCUT2D eigenvalue weighted by molar-refractivity contribution is 5.66. The van der Waals surface area contributed by atoms with Gasteiger partial charge in [0, 0.05) is 11.1 Å². The lowest BCUT2D eigenvalue weighted by Gasteiger charge is -2.21. The smallest absolute Gasteiger partial charge is 0.201 e. The predicted molar refractivity (Wildman–Crippen MR) is 114 cm³/mol. The second-order valence-corrected chi connectivity index (χ2v) is 9.17. The number of methoxy groups -OCH3 is 1. The van der Waals surface area contributed by atoms with Crippen molar-refractivity contribution in [3.05, 3.63) is 53.1 Å². The van der Waals surface area contributed by atoms with E-state index in [1.54, 1.807) is 0 Å². The van der Waals surface area contributed by atoms with E-state index < -0.39 is 23.3 Å². The molecule has 2 aromatic carbocycles. The van der Waals surface area contributed by atoms with Gasteiger partial charge in [-0.1, -0.05) is 31.9 Å². The number of halogens is 4. The van der Waals surface area contributed by atoms with Gasteiger partial charge < -0.3 is 4.74 Å². The molecule has 0 heterocycles. The largest absolute Gasteiger partial charge is 0.494 e. The normalized spacial score (nSPS) is 25.1. The number of aryl methyl sites for hydroxylation is 1. The maximum Gasteiger partial charge on any atom is 0.201 e. The molecule has 0 aromatic heterocycles. The molecule has 2 aromatic rings. The van der Waals surface area contributed by atoms with E-state index in [0.717, 1.165) is 24.2 Å². The molecule has 4 rings (SSSR count). The third-order valence-corrected chi connectivity index (χ3v) is 7.67. The van der Waals surface area contributed by atoms with Crippen LogP contribution < -0.4 is 4.74 Å². The van der Waals surface area contributed by atoms with Crippen LogP contribution in [-0.2, 0) is 6.42 Å². The second-order valence-electron chi connectivity index (χ2n) is 9.17. The average molecular weight is 435 g/mol. The molecule has 2 saturated carbocycles. The number of ether oxygens (including phenoxy) is 1. The first-order valence-corrected chi connectivity index (χ1v) is 11.4. The Hall–Kier alpha value is -2.04. The Kier molecular flexibility index (Phi) is 6.59. The molecule has 31 heavy (non-hydrogen) atoms. The molecule has 5 heteroatoms. The Bertz CT molecular complexity index is 941. The highest BCUT2D eigenvalue weighted by atomic mass is 19.2. The molecule has 1 nitrogen and oxygen atoms in total. The molecule has 0 amide bonds. The first kappa shape index (κ1) is 22.2. The minimum atomic E-state index is -1.25. The monoisotopic (exact) mass is 434 g/mol. The highest BCUT2D eigenvalue weighted by Crippen LogP contribution is 2.53. The van der Waals surface area contributed by atoms with Crippen LogP contribution in [0, 0.1) is 46.9 Å². The maximum atomic E-state index is 14.8. The Morgan fingerprint density at radius 3 is 1.94 bits per heavy atom. The molecular weight excluding hydrogens is 404 g/mol. The standard InChI is InChI=1S/C26H30F4O/c1-3-4-15-7-10-19-16(8-11-18(15)19)5-6-17-9-12-20(24(28)23(17)27)21-13-14-22(31-2)26(30)25(21)29/h9,12-16,18-19H,3-8,10-11H2,1-2H3. The van der Waals surface area contributed by atoms with Crippen molar-refractivity contribution in [2.75, 3.05) is 7.11 Å². The molecule has 0 N–H and O–H groups in total. The lowest BCUT2D eigenvalue weighted by atomic mass is 9.85. The van der Waals surface area contributed by atoms with Crippen molar-refractivity contribution in [3.8, 4) is 16.9 Å². The van der Waals surface area contributed by atoms with Crippen LogP contribution in [0.4, 0.5) is 17.6 Å². The molecule has 0 saturated heterocycles. The van der Waals surface area contributed by atoms with E-state index in [4.69, 9.17) is 4.74 Å². The van der Waals surface area contributed by atoms with E-state index >= 15 is 0 Å². The van der Waals surface area contributed by atoms with Crippen molar-refractivity contribution in [1.29, 1.82) is 0 Å². The summed E-state index contributed by atoms with van der Waals surface area (Å²) >= 11 is 0. The quantitative estimate of drug-likeness (QED) is 0.406. The minimum absolute atomic E-state index is 0.276. The summed E-state index contributed by atoms with van der Waals surface area (Å²) in [6, 6.07) is 5.28. The number of rotatable bonds is 7. The van der Waals surface area contributed by atoms with Gasteiger partial charge in [-0.05, 0) is 79.9 Å². The van der Waals surface area contributed by atoms with Gasteiger partial charge in [-0.3, -0.25) is 0 Å². The Morgan fingerprint density at radius 1 is 0.742 bits per heavy atom. The van der Waals surface area contributed by atoms with Gasteiger partial charge in [0.25, 0.3) is 0 Å². The molecule has 4 atom stereocenters. The molecule has 2 fully saturated rings. The van der Waals surface area contributed by atoms with Gasteiger partial charge in [-0.15, -0.1) is 0 Å². The zero-order chi connectivity index (χ0) is 22.1. The summed E-state index contributed by atoms with van der Waals surface area (Å²) < 4.78 is 62.7. The van der Waals surface area contributed by atoms with Crippen molar-refractivity contribution in [2.45, 2.75) is 58.3 Å². The van der Waals surface area contributed by atoms with E-state index in [1.807, 2.05) is 0 Å². The lowest BCUT2D eigenvalue weighted by molar-refractivity contribution is 0.294. The van der Waals surface area contributed by atoms with Crippen LogP contribution >= 0.6 is 0 Å². The van der Waals surface area contributed by atoms with Gasteiger partial charge in [0.1, 0.15) is 0 Å². The molecule has 0 aliphatic heterocycles. The Labute approximate surface area is 181 Å². The van der Waals surface area contributed by atoms with E-state index in [-0.39, 0.29) is 16.9 Å². The van der Waals surface area contributed by atoms with E-state index in [1.165, 1.54) is 69.9 Å². The Balaban J connectivity index is 1.48. The van der Waals surface area contributed by atoms with Gasteiger partial charge in [0.15, 0.2) is 23.2 Å². The van der Waals surface area contributed by atoms with Crippen LogP contribution in [-0.4, -0.2) is 7.11 Å². The van der Waals surface area contributed by atoms with Gasteiger partial charge in [-0.25, -0.2) is 13.2 Å². The highest BCUT2D eigenvalue weighted by Gasteiger charge is 2.43. The van der Waals surface area contributed by atoms with Crippen molar-refractivity contribution >= 4 is 0 Å². The zero-order valence-electron chi connectivity index (χ0n) is 18.2. The van der Waals surface area contributed by atoms with Gasteiger partial charge >= 0.3 is 0 Å². The third-order valence-electron chi connectivity index (χ3n) is 7.67. The zero-order valence-corrected chi connectivity index (χ0v) is 18.2. The lowest BCUT2D eigenvalue weighted by Crippen LogP contribution is -2.14. The van der Waals surface area contributed by atoms with Gasteiger partial charge in [0.2, 0.25) is 5.82 Å². The van der Waals surface area contributed by atoms with Crippen molar-refractivity contribution in [2.24, 2.45) is 23.7 Å². The fraction of sp³-hybridized carbons (Fsp3) is 0.538. The summed E-state index contributed by atoms with van der Waals surface area (Å²) in [5, 5.41) is 0. The molecule has 2 aliphatic rings. The number of hydrogen-bond donors (Lipinski definition) is 0. The Morgan fingerprint density at radius 2 is 1.32 bits per heavy atom. The van der Waals surface area contributed by atoms with Crippen LogP contribution in [0.15, 0.2) is 24.3 Å². The summed E-state index contributed by atoms with van der Waals surface area (Å²) in [7, 11) is 1.22. The first-order chi connectivity index (χ1) is 15.0. The number of hydrogen-bond acceptors (Lipinski definition) is 1. The van der Waals surface area contributed by atoms with E-state index in [2.05, 4.69) is 6.92 Å². The van der Waals surface area contributed by atoms with E-state index in [0.29, 0.717) is 17.9 Å². The minimum Gasteiger partial charge on any atom is -0.494 e. The molecule has 0 radical (unpaired) electrons. The van der Waals surface area contributed by atoms with Crippen molar-refractivity contribution in [3.63, 3.8) is 0 Å². The average Bonchev–Trinajstić information content (AvgIpc) is 3.35. The van der Waals surface area contributed by atoms with Gasteiger partial charge in [-0.2, -0.15) is 4.39 Å². The van der Waals surface area contributed by atoms with Crippen LogP contribution in [0.5, 0.6) is 5.75 Å². The predicted octanol–water partition coefficient (Wildman–Crippen LogP) is 7.70. The topological polar surface area (TPSA) is 9.23 Å². The SMILES string of the molecule is CCCC1CCC2C(CCc3ccc(-c4ccc(OC)c(F)c4F)c(F)c3F)CCC12. The summed E-state index contributed by atoms with van der Waals surface area (Å²) in [6.07, 6.45) is 8.85. The third kappa shape index (κ3) is 4.08. The molecule has 0 bridgehead atoms. The number of fused-ring (bicyclic) bond motifs is 1.